The van der Waals surface area contributed by atoms with E-state index in [1.807, 2.05) is 0 Å². The molecule has 1 unspecified atom stereocenters. The number of hydrogen-bond acceptors (Lipinski definition) is 2. The molecule has 0 spiro atoms. The van der Waals surface area contributed by atoms with Gasteiger partial charge in [-0.3, -0.25) is 0 Å². The Morgan fingerprint density at radius 1 is 1.38 bits per heavy atom. The average Bonchev–Trinajstić information content (AvgIpc) is 2.84. The van der Waals surface area contributed by atoms with E-state index in [0.717, 1.165) is 18.0 Å². The number of nitrogens with two attached hydrogens (primary N) is 1. The molecule has 2 aliphatic carbocycles. The molecule has 2 fully saturated rings. The van der Waals surface area contributed by atoms with Gasteiger partial charge in [0, 0.05) is 18.1 Å². The summed E-state index contributed by atoms with van der Waals surface area (Å²) in [5, 5.41) is 3.72. The van der Waals surface area contributed by atoms with Crippen LogP contribution in [-0.2, 0) is 0 Å². The van der Waals surface area contributed by atoms with Gasteiger partial charge in [-0.15, -0.1) is 0 Å². The second-order valence-electron chi connectivity index (χ2n) is 4.88. The first-order valence-corrected chi connectivity index (χ1v) is 5.79. The second-order valence-corrected chi connectivity index (χ2v) is 4.88. The van der Waals surface area contributed by atoms with Gasteiger partial charge in [-0.25, -0.2) is 0 Å². The Labute approximate surface area is 81.3 Å². The summed E-state index contributed by atoms with van der Waals surface area (Å²) >= 11 is 0. The molecule has 0 amide bonds. The summed E-state index contributed by atoms with van der Waals surface area (Å²) in [5.74, 6) is 1.05. The fourth-order valence-electron chi connectivity index (χ4n) is 2.24. The number of hydrogen-bond donors (Lipinski definition) is 2. The summed E-state index contributed by atoms with van der Waals surface area (Å²) in [4.78, 5) is 0. The summed E-state index contributed by atoms with van der Waals surface area (Å²) in [6.07, 6.45) is 8.03. The van der Waals surface area contributed by atoms with Crippen LogP contribution in [0, 0.1) is 5.92 Å². The van der Waals surface area contributed by atoms with Gasteiger partial charge in [0.2, 0.25) is 0 Å². The first-order valence-electron chi connectivity index (χ1n) is 5.79. The third-order valence-electron chi connectivity index (χ3n) is 3.45. The van der Waals surface area contributed by atoms with Crippen molar-refractivity contribution in [3.05, 3.63) is 0 Å². The Morgan fingerprint density at radius 3 is 2.54 bits per heavy atom. The molecular formula is C11H22N2. The minimum absolute atomic E-state index is 0.482. The molecule has 2 rings (SSSR count). The van der Waals surface area contributed by atoms with E-state index in [1.54, 1.807) is 0 Å². The molecule has 2 saturated carbocycles. The van der Waals surface area contributed by atoms with Gasteiger partial charge < -0.3 is 11.1 Å². The summed E-state index contributed by atoms with van der Waals surface area (Å²) in [7, 11) is 0. The highest BCUT2D eigenvalue weighted by molar-refractivity contribution is 4.90. The van der Waals surface area contributed by atoms with E-state index < -0.39 is 0 Å². The van der Waals surface area contributed by atoms with E-state index in [9.17, 15) is 0 Å². The van der Waals surface area contributed by atoms with Gasteiger partial charge in [-0.2, -0.15) is 0 Å². The lowest BCUT2D eigenvalue weighted by Crippen LogP contribution is -2.51. The van der Waals surface area contributed by atoms with E-state index in [0.29, 0.717) is 6.04 Å². The van der Waals surface area contributed by atoms with Crippen LogP contribution in [0.4, 0.5) is 0 Å². The Hall–Kier alpha value is -0.0800. The number of rotatable bonds is 5. The standard InChI is InChI=1S/C11H22N2/c1-2-10(5-8-3-4-8)13-11-6-9(12)7-11/h8-11,13H,2-7,12H2,1H3. The van der Waals surface area contributed by atoms with Crippen LogP contribution in [0.2, 0.25) is 0 Å². The molecule has 2 heteroatoms. The minimum atomic E-state index is 0.482. The third-order valence-corrected chi connectivity index (χ3v) is 3.45. The molecular weight excluding hydrogens is 160 g/mol. The van der Waals surface area contributed by atoms with E-state index >= 15 is 0 Å². The summed E-state index contributed by atoms with van der Waals surface area (Å²) < 4.78 is 0. The molecule has 76 valence electrons. The molecule has 2 aliphatic rings. The molecule has 0 aromatic rings. The maximum atomic E-state index is 5.76. The van der Waals surface area contributed by atoms with Gasteiger partial charge in [0.25, 0.3) is 0 Å². The SMILES string of the molecule is CCC(CC1CC1)NC1CC(N)C1. The minimum Gasteiger partial charge on any atom is -0.328 e. The van der Waals surface area contributed by atoms with Crippen molar-refractivity contribution in [2.75, 3.05) is 0 Å². The van der Waals surface area contributed by atoms with E-state index in [2.05, 4.69) is 12.2 Å². The lowest BCUT2D eigenvalue weighted by molar-refractivity contribution is 0.254. The van der Waals surface area contributed by atoms with Crippen molar-refractivity contribution in [3.63, 3.8) is 0 Å². The molecule has 0 radical (unpaired) electrons. The molecule has 0 heterocycles. The first kappa shape index (κ1) is 9.47. The zero-order valence-corrected chi connectivity index (χ0v) is 8.63. The lowest BCUT2D eigenvalue weighted by atomic mass is 9.86. The Balaban J connectivity index is 1.64. The van der Waals surface area contributed by atoms with Crippen molar-refractivity contribution in [2.45, 2.75) is 63.6 Å². The predicted molar refractivity (Wildman–Crippen MR) is 55.6 cm³/mol. The van der Waals surface area contributed by atoms with E-state index in [4.69, 9.17) is 5.73 Å². The normalized spacial score (nSPS) is 35.5. The molecule has 0 saturated heterocycles. The van der Waals surface area contributed by atoms with Crippen molar-refractivity contribution >= 4 is 0 Å². The zero-order valence-electron chi connectivity index (χ0n) is 8.63. The maximum Gasteiger partial charge on any atom is 0.00991 e. The zero-order chi connectivity index (χ0) is 9.26. The van der Waals surface area contributed by atoms with Gasteiger partial charge in [0.05, 0.1) is 0 Å². The van der Waals surface area contributed by atoms with Gasteiger partial charge in [-0.1, -0.05) is 19.8 Å². The van der Waals surface area contributed by atoms with Crippen molar-refractivity contribution in [2.24, 2.45) is 11.7 Å². The van der Waals surface area contributed by atoms with Crippen molar-refractivity contribution in [1.82, 2.24) is 5.32 Å². The summed E-state index contributed by atoms with van der Waals surface area (Å²) in [6.45, 7) is 2.29. The highest BCUT2D eigenvalue weighted by atomic mass is 15.0. The Kier molecular flexibility index (Phi) is 2.89. The molecule has 0 aliphatic heterocycles. The van der Waals surface area contributed by atoms with Gasteiger partial charge in [-0.05, 0) is 31.6 Å². The van der Waals surface area contributed by atoms with Crippen LogP contribution in [0.3, 0.4) is 0 Å². The number of nitrogens with one attached hydrogen (secondary N) is 1. The van der Waals surface area contributed by atoms with Crippen LogP contribution < -0.4 is 11.1 Å². The average molecular weight is 182 g/mol. The van der Waals surface area contributed by atoms with Gasteiger partial charge >= 0.3 is 0 Å². The van der Waals surface area contributed by atoms with Crippen LogP contribution in [0.25, 0.3) is 0 Å². The molecule has 1 atom stereocenters. The largest absolute Gasteiger partial charge is 0.328 e. The fourth-order valence-corrected chi connectivity index (χ4v) is 2.24. The molecule has 0 aromatic carbocycles. The van der Waals surface area contributed by atoms with Gasteiger partial charge in [0.15, 0.2) is 0 Å². The summed E-state index contributed by atoms with van der Waals surface area (Å²) in [5.41, 5.74) is 5.76. The topological polar surface area (TPSA) is 38.0 Å². The van der Waals surface area contributed by atoms with Crippen molar-refractivity contribution < 1.29 is 0 Å². The maximum absolute atomic E-state index is 5.76. The van der Waals surface area contributed by atoms with Gasteiger partial charge in [0.1, 0.15) is 0 Å². The molecule has 3 N–H and O–H groups in total. The lowest BCUT2D eigenvalue weighted by Gasteiger charge is -2.36. The summed E-state index contributed by atoms with van der Waals surface area (Å²) in [6, 6.07) is 1.99. The molecule has 0 bridgehead atoms. The Bertz CT molecular complexity index is 159. The predicted octanol–water partition coefficient (Wildman–Crippen LogP) is 1.64. The van der Waals surface area contributed by atoms with Crippen molar-refractivity contribution in [3.8, 4) is 0 Å². The first-order chi connectivity index (χ1) is 6.28. The van der Waals surface area contributed by atoms with Crippen molar-refractivity contribution in [1.29, 1.82) is 0 Å². The van der Waals surface area contributed by atoms with Crippen LogP contribution in [-0.4, -0.2) is 18.1 Å². The van der Waals surface area contributed by atoms with Crippen LogP contribution in [0.1, 0.15) is 45.4 Å². The monoisotopic (exact) mass is 182 g/mol. The molecule has 2 nitrogen and oxygen atoms in total. The quantitative estimate of drug-likeness (QED) is 0.678. The molecule has 13 heavy (non-hydrogen) atoms. The highest BCUT2D eigenvalue weighted by Gasteiger charge is 2.30. The van der Waals surface area contributed by atoms with E-state index in [1.165, 1.54) is 38.5 Å². The van der Waals surface area contributed by atoms with Crippen LogP contribution >= 0.6 is 0 Å². The van der Waals surface area contributed by atoms with Crippen LogP contribution in [0.5, 0.6) is 0 Å². The fraction of sp³-hybridized carbons (Fsp3) is 1.00. The van der Waals surface area contributed by atoms with Crippen LogP contribution in [0.15, 0.2) is 0 Å². The smallest absolute Gasteiger partial charge is 0.00991 e. The highest BCUT2D eigenvalue weighted by Crippen LogP contribution is 2.34. The second kappa shape index (κ2) is 3.97. The molecule has 0 aromatic heterocycles. The Morgan fingerprint density at radius 2 is 2.08 bits per heavy atom. The third kappa shape index (κ3) is 2.68. The van der Waals surface area contributed by atoms with E-state index in [-0.39, 0.29) is 0 Å².